The van der Waals surface area contributed by atoms with E-state index in [-0.39, 0.29) is 11.4 Å². The SMILES string of the molecule is CN(C(=O)CC1(N)CCCCC1)c1ccc(C#N)cc1. The van der Waals surface area contributed by atoms with Gasteiger partial charge < -0.3 is 10.6 Å². The summed E-state index contributed by atoms with van der Waals surface area (Å²) in [6.45, 7) is 0. The van der Waals surface area contributed by atoms with Crippen molar-refractivity contribution in [2.45, 2.75) is 44.1 Å². The first kappa shape index (κ1) is 14.5. The molecule has 0 atom stereocenters. The minimum Gasteiger partial charge on any atom is -0.325 e. The number of hydrogen-bond donors (Lipinski definition) is 1. The molecule has 0 bridgehead atoms. The molecule has 4 heteroatoms. The Labute approximate surface area is 120 Å². The molecule has 1 saturated carbocycles. The van der Waals surface area contributed by atoms with Crippen LogP contribution in [-0.4, -0.2) is 18.5 Å². The van der Waals surface area contributed by atoms with Gasteiger partial charge in [0.2, 0.25) is 5.91 Å². The third kappa shape index (κ3) is 3.37. The summed E-state index contributed by atoms with van der Waals surface area (Å²) in [4.78, 5) is 14.0. The number of nitrogens with two attached hydrogens (primary N) is 1. The normalized spacial score (nSPS) is 17.2. The Bertz CT molecular complexity index is 510. The molecule has 1 amide bonds. The van der Waals surface area contributed by atoms with Crippen molar-refractivity contribution in [3.63, 3.8) is 0 Å². The van der Waals surface area contributed by atoms with Gasteiger partial charge in [0.05, 0.1) is 11.6 Å². The quantitative estimate of drug-likeness (QED) is 0.918. The standard InChI is InChI=1S/C16H21N3O/c1-19(14-7-5-13(12-17)6-8-14)15(20)11-16(18)9-3-2-4-10-16/h5-8H,2-4,9-11,18H2,1H3. The van der Waals surface area contributed by atoms with E-state index in [0.29, 0.717) is 12.0 Å². The van der Waals surface area contributed by atoms with Gasteiger partial charge in [-0.2, -0.15) is 5.26 Å². The number of anilines is 1. The summed E-state index contributed by atoms with van der Waals surface area (Å²) in [5.74, 6) is 0.0408. The second-order valence-electron chi connectivity index (χ2n) is 5.71. The van der Waals surface area contributed by atoms with Crippen molar-refractivity contribution < 1.29 is 4.79 Å². The summed E-state index contributed by atoms with van der Waals surface area (Å²) < 4.78 is 0. The van der Waals surface area contributed by atoms with E-state index in [1.807, 2.05) is 0 Å². The molecule has 1 fully saturated rings. The molecule has 0 radical (unpaired) electrons. The van der Waals surface area contributed by atoms with Gasteiger partial charge in [0.15, 0.2) is 0 Å². The van der Waals surface area contributed by atoms with Crippen LogP contribution >= 0.6 is 0 Å². The van der Waals surface area contributed by atoms with Crippen LogP contribution in [0.15, 0.2) is 24.3 Å². The predicted octanol–water partition coefficient (Wildman–Crippen LogP) is 2.57. The number of nitrogens with zero attached hydrogens (tertiary/aromatic N) is 2. The lowest BCUT2D eigenvalue weighted by atomic mass is 9.80. The topological polar surface area (TPSA) is 70.1 Å². The van der Waals surface area contributed by atoms with Gasteiger partial charge in [0.25, 0.3) is 0 Å². The van der Waals surface area contributed by atoms with Crippen LogP contribution in [0.3, 0.4) is 0 Å². The summed E-state index contributed by atoms with van der Waals surface area (Å²) in [5, 5.41) is 8.78. The fourth-order valence-corrected chi connectivity index (χ4v) is 2.76. The van der Waals surface area contributed by atoms with Crippen molar-refractivity contribution in [3.05, 3.63) is 29.8 Å². The second-order valence-corrected chi connectivity index (χ2v) is 5.71. The highest BCUT2D eigenvalue weighted by Gasteiger charge is 2.31. The number of hydrogen-bond acceptors (Lipinski definition) is 3. The van der Waals surface area contributed by atoms with Crippen LogP contribution in [0.5, 0.6) is 0 Å². The second kappa shape index (κ2) is 6.06. The molecule has 0 heterocycles. The largest absolute Gasteiger partial charge is 0.325 e. The van der Waals surface area contributed by atoms with E-state index < -0.39 is 0 Å². The molecule has 0 aliphatic heterocycles. The predicted molar refractivity (Wildman–Crippen MR) is 79.2 cm³/mol. The summed E-state index contributed by atoms with van der Waals surface area (Å²) in [7, 11) is 1.76. The van der Waals surface area contributed by atoms with Crippen molar-refractivity contribution in [1.82, 2.24) is 0 Å². The van der Waals surface area contributed by atoms with Gasteiger partial charge in [0, 0.05) is 24.7 Å². The lowest BCUT2D eigenvalue weighted by molar-refractivity contribution is -0.119. The first-order valence-electron chi connectivity index (χ1n) is 7.10. The zero-order valence-corrected chi connectivity index (χ0v) is 11.9. The van der Waals surface area contributed by atoms with Gasteiger partial charge in [-0.25, -0.2) is 0 Å². The van der Waals surface area contributed by atoms with Crippen molar-refractivity contribution >= 4 is 11.6 Å². The van der Waals surface area contributed by atoms with Crippen LogP contribution in [-0.2, 0) is 4.79 Å². The van der Waals surface area contributed by atoms with Crippen LogP contribution in [0.2, 0.25) is 0 Å². The van der Waals surface area contributed by atoms with Gasteiger partial charge in [-0.05, 0) is 37.1 Å². The molecule has 106 valence electrons. The number of carbonyl (C=O) groups excluding carboxylic acids is 1. The third-order valence-electron chi connectivity index (χ3n) is 4.11. The highest BCUT2D eigenvalue weighted by atomic mass is 16.2. The Morgan fingerprint density at radius 2 is 1.90 bits per heavy atom. The van der Waals surface area contributed by atoms with E-state index in [1.165, 1.54) is 6.42 Å². The Morgan fingerprint density at radius 1 is 1.30 bits per heavy atom. The fourth-order valence-electron chi connectivity index (χ4n) is 2.76. The molecule has 0 spiro atoms. The average molecular weight is 271 g/mol. The van der Waals surface area contributed by atoms with Crippen LogP contribution in [0, 0.1) is 11.3 Å². The zero-order chi connectivity index (χ0) is 14.6. The zero-order valence-electron chi connectivity index (χ0n) is 11.9. The molecule has 1 aromatic rings. The number of benzene rings is 1. The molecule has 2 rings (SSSR count). The highest BCUT2D eigenvalue weighted by Crippen LogP contribution is 2.29. The Kier molecular flexibility index (Phi) is 4.41. The molecule has 0 saturated heterocycles. The first-order valence-corrected chi connectivity index (χ1v) is 7.10. The average Bonchev–Trinajstić information content (AvgIpc) is 2.47. The van der Waals surface area contributed by atoms with Crippen molar-refractivity contribution in [3.8, 4) is 6.07 Å². The van der Waals surface area contributed by atoms with Gasteiger partial charge >= 0.3 is 0 Å². The van der Waals surface area contributed by atoms with Crippen molar-refractivity contribution in [1.29, 1.82) is 5.26 Å². The Morgan fingerprint density at radius 3 is 2.45 bits per heavy atom. The Balaban J connectivity index is 2.02. The molecule has 4 nitrogen and oxygen atoms in total. The molecule has 1 aliphatic rings. The smallest absolute Gasteiger partial charge is 0.228 e. The van der Waals surface area contributed by atoms with E-state index in [0.717, 1.165) is 31.4 Å². The third-order valence-corrected chi connectivity index (χ3v) is 4.11. The summed E-state index contributed by atoms with van der Waals surface area (Å²) in [6.07, 6.45) is 5.71. The molecular weight excluding hydrogens is 250 g/mol. The van der Waals surface area contributed by atoms with Gasteiger partial charge in [0.1, 0.15) is 0 Å². The number of carbonyl (C=O) groups is 1. The molecule has 1 aliphatic carbocycles. The fraction of sp³-hybridized carbons (Fsp3) is 0.500. The maximum atomic E-state index is 12.4. The molecular formula is C16H21N3O. The lowest BCUT2D eigenvalue weighted by Gasteiger charge is -2.34. The van der Waals surface area contributed by atoms with Crippen LogP contribution in [0.4, 0.5) is 5.69 Å². The minimum atomic E-state index is -0.337. The van der Waals surface area contributed by atoms with Gasteiger partial charge in [-0.1, -0.05) is 19.3 Å². The number of nitriles is 1. The van der Waals surface area contributed by atoms with E-state index in [2.05, 4.69) is 6.07 Å². The Hall–Kier alpha value is -1.86. The molecule has 1 aromatic carbocycles. The van der Waals surface area contributed by atoms with Crippen LogP contribution in [0.25, 0.3) is 0 Å². The molecule has 20 heavy (non-hydrogen) atoms. The number of rotatable bonds is 3. The van der Waals surface area contributed by atoms with Gasteiger partial charge in [-0.3, -0.25) is 4.79 Å². The van der Waals surface area contributed by atoms with Crippen molar-refractivity contribution in [2.75, 3.05) is 11.9 Å². The summed E-state index contributed by atoms with van der Waals surface area (Å²) in [6, 6.07) is 9.10. The minimum absolute atomic E-state index is 0.0408. The summed E-state index contributed by atoms with van der Waals surface area (Å²) >= 11 is 0. The molecule has 2 N–H and O–H groups in total. The molecule has 0 unspecified atom stereocenters. The van der Waals surface area contributed by atoms with Crippen molar-refractivity contribution in [2.24, 2.45) is 5.73 Å². The summed E-state index contributed by atoms with van der Waals surface area (Å²) in [5.41, 5.74) is 7.39. The van der Waals surface area contributed by atoms with E-state index in [9.17, 15) is 4.79 Å². The lowest BCUT2D eigenvalue weighted by Crippen LogP contribution is -2.46. The van der Waals surface area contributed by atoms with Crippen LogP contribution in [0.1, 0.15) is 44.1 Å². The van der Waals surface area contributed by atoms with E-state index >= 15 is 0 Å². The van der Waals surface area contributed by atoms with E-state index in [1.54, 1.807) is 36.2 Å². The highest BCUT2D eigenvalue weighted by molar-refractivity contribution is 5.93. The number of amides is 1. The maximum absolute atomic E-state index is 12.4. The van der Waals surface area contributed by atoms with Gasteiger partial charge in [-0.15, -0.1) is 0 Å². The monoisotopic (exact) mass is 271 g/mol. The van der Waals surface area contributed by atoms with E-state index in [4.69, 9.17) is 11.0 Å². The maximum Gasteiger partial charge on any atom is 0.228 e. The van der Waals surface area contributed by atoms with Crippen LogP contribution < -0.4 is 10.6 Å². The first-order chi connectivity index (χ1) is 9.54. The molecule has 0 aromatic heterocycles.